The minimum atomic E-state index is 0.576. The fourth-order valence-corrected chi connectivity index (χ4v) is 2.52. The SMILES string of the molecule is C1=CC2CCC3NCCNC3=C2N1. The van der Waals surface area contributed by atoms with Crippen molar-refractivity contribution in [2.24, 2.45) is 5.92 Å². The van der Waals surface area contributed by atoms with Crippen molar-refractivity contribution >= 4 is 0 Å². The first-order chi connectivity index (χ1) is 6.45. The van der Waals surface area contributed by atoms with E-state index in [1.807, 2.05) is 0 Å². The monoisotopic (exact) mass is 177 g/mol. The predicted octanol–water partition coefficient (Wildman–Crippen LogP) is 0.286. The van der Waals surface area contributed by atoms with Crippen molar-refractivity contribution in [1.29, 1.82) is 0 Å². The molecule has 0 spiro atoms. The number of allylic oxidation sites excluding steroid dienone is 1. The minimum absolute atomic E-state index is 0.576. The van der Waals surface area contributed by atoms with Crippen molar-refractivity contribution in [3.63, 3.8) is 0 Å². The van der Waals surface area contributed by atoms with Crippen LogP contribution in [0.5, 0.6) is 0 Å². The Bertz CT molecular complexity index is 280. The van der Waals surface area contributed by atoms with E-state index in [1.165, 1.54) is 24.2 Å². The van der Waals surface area contributed by atoms with Crippen molar-refractivity contribution in [3.05, 3.63) is 23.7 Å². The summed E-state index contributed by atoms with van der Waals surface area (Å²) in [6.07, 6.45) is 6.89. The molecule has 0 aromatic carbocycles. The van der Waals surface area contributed by atoms with Crippen molar-refractivity contribution in [2.75, 3.05) is 13.1 Å². The number of fused-ring (bicyclic) bond motifs is 2. The zero-order valence-corrected chi connectivity index (χ0v) is 7.64. The van der Waals surface area contributed by atoms with Crippen molar-refractivity contribution in [2.45, 2.75) is 18.9 Å². The van der Waals surface area contributed by atoms with E-state index in [1.54, 1.807) is 0 Å². The van der Waals surface area contributed by atoms with Crippen LogP contribution in [0.15, 0.2) is 23.7 Å². The molecule has 3 aliphatic rings. The molecule has 0 amide bonds. The molecule has 70 valence electrons. The van der Waals surface area contributed by atoms with Gasteiger partial charge in [0, 0.05) is 36.4 Å². The minimum Gasteiger partial charge on any atom is -0.384 e. The smallest absolute Gasteiger partial charge is 0.0488 e. The van der Waals surface area contributed by atoms with Gasteiger partial charge in [-0.15, -0.1) is 0 Å². The van der Waals surface area contributed by atoms with Gasteiger partial charge in [0.25, 0.3) is 0 Å². The first kappa shape index (κ1) is 7.44. The van der Waals surface area contributed by atoms with Gasteiger partial charge in [-0.05, 0) is 19.0 Å². The van der Waals surface area contributed by atoms with Crippen LogP contribution in [0.1, 0.15) is 12.8 Å². The Labute approximate surface area is 78.3 Å². The third-order valence-electron chi connectivity index (χ3n) is 3.17. The quantitative estimate of drug-likeness (QED) is 0.497. The molecule has 2 unspecified atom stereocenters. The van der Waals surface area contributed by atoms with Gasteiger partial charge >= 0.3 is 0 Å². The summed E-state index contributed by atoms with van der Waals surface area (Å²) in [7, 11) is 0. The Hall–Kier alpha value is -0.960. The van der Waals surface area contributed by atoms with Gasteiger partial charge in [0.05, 0.1) is 0 Å². The highest BCUT2D eigenvalue weighted by atomic mass is 15.1. The molecular weight excluding hydrogens is 162 g/mol. The normalized spacial score (nSPS) is 36.3. The average molecular weight is 177 g/mol. The second-order valence-electron chi connectivity index (χ2n) is 3.95. The van der Waals surface area contributed by atoms with Crippen LogP contribution in [0.2, 0.25) is 0 Å². The van der Waals surface area contributed by atoms with Gasteiger partial charge in [-0.3, -0.25) is 0 Å². The van der Waals surface area contributed by atoms with E-state index in [0.717, 1.165) is 13.1 Å². The summed E-state index contributed by atoms with van der Waals surface area (Å²) in [4.78, 5) is 0. The number of hydrogen-bond donors (Lipinski definition) is 3. The fourth-order valence-electron chi connectivity index (χ4n) is 2.52. The average Bonchev–Trinajstić information content (AvgIpc) is 2.65. The summed E-state index contributed by atoms with van der Waals surface area (Å²) >= 11 is 0. The van der Waals surface area contributed by atoms with Crippen LogP contribution < -0.4 is 16.0 Å². The van der Waals surface area contributed by atoms with Crippen molar-refractivity contribution < 1.29 is 0 Å². The molecule has 0 radical (unpaired) electrons. The maximum atomic E-state index is 3.55. The van der Waals surface area contributed by atoms with E-state index < -0.39 is 0 Å². The highest BCUT2D eigenvalue weighted by molar-refractivity contribution is 5.31. The molecule has 0 aromatic rings. The van der Waals surface area contributed by atoms with E-state index in [-0.39, 0.29) is 0 Å². The predicted molar refractivity (Wildman–Crippen MR) is 51.8 cm³/mol. The van der Waals surface area contributed by atoms with Crippen molar-refractivity contribution in [1.82, 2.24) is 16.0 Å². The molecule has 3 nitrogen and oxygen atoms in total. The third kappa shape index (κ3) is 1.07. The molecule has 3 rings (SSSR count). The third-order valence-corrected chi connectivity index (χ3v) is 3.17. The summed E-state index contributed by atoms with van der Waals surface area (Å²) in [6, 6.07) is 0.576. The number of piperazine rings is 1. The first-order valence-corrected chi connectivity index (χ1v) is 5.09. The molecule has 3 heteroatoms. The Morgan fingerprint density at radius 3 is 3.15 bits per heavy atom. The zero-order chi connectivity index (χ0) is 8.67. The van der Waals surface area contributed by atoms with Crippen LogP contribution in [-0.2, 0) is 0 Å². The molecule has 2 aliphatic heterocycles. The summed E-state index contributed by atoms with van der Waals surface area (Å²) in [5.74, 6) is 0.652. The molecule has 0 aromatic heterocycles. The Morgan fingerprint density at radius 1 is 1.15 bits per heavy atom. The number of rotatable bonds is 0. The van der Waals surface area contributed by atoms with Crippen LogP contribution in [0.4, 0.5) is 0 Å². The molecule has 1 saturated heterocycles. The first-order valence-electron chi connectivity index (χ1n) is 5.09. The van der Waals surface area contributed by atoms with E-state index in [2.05, 4.69) is 28.2 Å². The van der Waals surface area contributed by atoms with E-state index in [0.29, 0.717) is 12.0 Å². The fraction of sp³-hybridized carbons (Fsp3) is 0.600. The maximum absolute atomic E-state index is 3.55. The molecule has 3 N–H and O–H groups in total. The van der Waals surface area contributed by atoms with Crippen LogP contribution in [0, 0.1) is 5.92 Å². The highest BCUT2D eigenvalue weighted by Crippen LogP contribution is 2.31. The summed E-state index contributed by atoms with van der Waals surface area (Å²) in [6.45, 7) is 2.16. The molecular formula is C10H15N3. The Kier molecular flexibility index (Phi) is 1.59. The van der Waals surface area contributed by atoms with Gasteiger partial charge in [-0.1, -0.05) is 6.08 Å². The largest absolute Gasteiger partial charge is 0.384 e. The standard InChI is InChI=1S/C10H15N3/c1-2-8-10(13-6-5-11-8)9-7(1)3-4-12-9/h3-4,7-8,11-13H,1-2,5-6H2. The van der Waals surface area contributed by atoms with Gasteiger partial charge in [-0.25, -0.2) is 0 Å². The van der Waals surface area contributed by atoms with Crippen LogP contribution >= 0.6 is 0 Å². The molecule has 1 aliphatic carbocycles. The molecule has 1 fully saturated rings. The summed E-state index contributed by atoms with van der Waals surface area (Å²) in [5, 5.41) is 10.4. The maximum Gasteiger partial charge on any atom is 0.0488 e. The van der Waals surface area contributed by atoms with Crippen LogP contribution in [0.25, 0.3) is 0 Å². The van der Waals surface area contributed by atoms with Gasteiger partial charge in [0.1, 0.15) is 0 Å². The topological polar surface area (TPSA) is 36.1 Å². The van der Waals surface area contributed by atoms with E-state index in [9.17, 15) is 0 Å². The van der Waals surface area contributed by atoms with Gasteiger partial charge < -0.3 is 16.0 Å². The molecule has 0 bridgehead atoms. The molecule has 0 saturated carbocycles. The number of hydrogen-bond acceptors (Lipinski definition) is 3. The lowest BCUT2D eigenvalue weighted by Gasteiger charge is -2.35. The van der Waals surface area contributed by atoms with E-state index >= 15 is 0 Å². The molecule has 2 atom stereocenters. The zero-order valence-electron chi connectivity index (χ0n) is 7.64. The summed E-state index contributed by atoms with van der Waals surface area (Å²) < 4.78 is 0. The van der Waals surface area contributed by atoms with Crippen LogP contribution in [0.3, 0.4) is 0 Å². The molecule has 13 heavy (non-hydrogen) atoms. The lowest BCUT2D eigenvalue weighted by molar-refractivity contribution is 0.395. The van der Waals surface area contributed by atoms with E-state index in [4.69, 9.17) is 0 Å². The Balaban J connectivity index is 1.96. The lowest BCUT2D eigenvalue weighted by Crippen LogP contribution is -2.49. The highest BCUT2D eigenvalue weighted by Gasteiger charge is 2.31. The van der Waals surface area contributed by atoms with Crippen molar-refractivity contribution in [3.8, 4) is 0 Å². The second kappa shape index (κ2) is 2.77. The molecule has 2 heterocycles. The van der Waals surface area contributed by atoms with Gasteiger partial charge in [0.2, 0.25) is 0 Å². The summed E-state index contributed by atoms with van der Waals surface area (Å²) in [5.41, 5.74) is 2.82. The Morgan fingerprint density at radius 2 is 2.15 bits per heavy atom. The number of nitrogens with one attached hydrogen (secondary N) is 3. The second-order valence-corrected chi connectivity index (χ2v) is 3.95. The van der Waals surface area contributed by atoms with Crippen LogP contribution in [-0.4, -0.2) is 19.1 Å². The lowest BCUT2D eigenvalue weighted by atomic mass is 9.87. The van der Waals surface area contributed by atoms with Gasteiger partial charge in [0.15, 0.2) is 0 Å². The van der Waals surface area contributed by atoms with Gasteiger partial charge in [-0.2, -0.15) is 0 Å².